The molecule has 1 fully saturated rings. The van der Waals surface area contributed by atoms with Gasteiger partial charge in [0.15, 0.2) is 0 Å². The molecule has 0 bridgehead atoms. The molecule has 2 aromatic carbocycles. The first-order valence-electron chi connectivity index (χ1n) is 8.94. The first-order valence-corrected chi connectivity index (χ1v) is 15.3. The van der Waals surface area contributed by atoms with Gasteiger partial charge in [-0.15, -0.1) is 0 Å². The SMILES string of the molecule is Cc1ccc(-c2ccccc2)c(C=NC2CCC(C)CC2)c1O.[Cl][Zr][Cl]. The van der Waals surface area contributed by atoms with Crippen LogP contribution in [0.4, 0.5) is 0 Å². The Labute approximate surface area is 175 Å². The van der Waals surface area contributed by atoms with Gasteiger partial charge in [0.25, 0.3) is 0 Å². The number of hydrogen-bond donors (Lipinski definition) is 1. The number of phenols is 1. The van der Waals surface area contributed by atoms with Gasteiger partial charge in [0, 0.05) is 17.8 Å². The maximum atomic E-state index is 10.5. The molecule has 26 heavy (non-hydrogen) atoms. The fraction of sp³-hybridized carbons (Fsp3) is 0.381. The molecule has 0 radical (unpaired) electrons. The summed E-state index contributed by atoms with van der Waals surface area (Å²) in [6, 6.07) is 14.6. The van der Waals surface area contributed by atoms with Gasteiger partial charge < -0.3 is 5.11 Å². The second-order valence-corrected chi connectivity index (χ2v) is 10.6. The molecule has 2 aromatic rings. The Morgan fingerprint density at radius 2 is 1.65 bits per heavy atom. The van der Waals surface area contributed by atoms with E-state index in [1.165, 1.54) is 12.8 Å². The summed E-state index contributed by atoms with van der Waals surface area (Å²) >= 11 is -0.826. The second-order valence-electron chi connectivity index (χ2n) is 6.82. The number of benzene rings is 2. The van der Waals surface area contributed by atoms with Gasteiger partial charge in [-0.2, -0.15) is 0 Å². The zero-order valence-corrected chi connectivity index (χ0v) is 19.2. The van der Waals surface area contributed by atoms with Gasteiger partial charge in [-0.25, -0.2) is 0 Å². The Bertz CT molecular complexity index is 713. The number of aromatic hydroxyl groups is 1. The minimum absolute atomic E-state index is 0.347. The normalized spacial score (nSPS) is 19.7. The van der Waals surface area contributed by atoms with Crippen LogP contribution >= 0.6 is 17.0 Å². The van der Waals surface area contributed by atoms with Crippen molar-refractivity contribution in [2.75, 3.05) is 0 Å². The van der Waals surface area contributed by atoms with Gasteiger partial charge in [-0.1, -0.05) is 49.4 Å². The molecule has 1 aliphatic rings. The molecule has 0 saturated heterocycles. The molecule has 0 spiro atoms. The standard InChI is InChI=1S/C21H25NO.2ClH.Zr/c1-15-8-11-18(12-9-15)22-14-20-19(13-10-16(2)21(20)23)17-6-4-3-5-7-17;;;/h3-7,10,13-15,18,23H,8-9,11-12H2,1-2H3;2*1H;/q;;;+2/p-2. The van der Waals surface area contributed by atoms with Crippen molar-refractivity contribution in [2.45, 2.75) is 45.6 Å². The van der Waals surface area contributed by atoms with Crippen molar-refractivity contribution in [3.05, 3.63) is 53.6 Å². The van der Waals surface area contributed by atoms with Crippen LogP contribution < -0.4 is 0 Å². The number of halogens is 2. The van der Waals surface area contributed by atoms with Gasteiger partial charge in [-0.05, 0) is 55.2 Å². The molecule has 1 aliphatic carbocycles. The first-order chi connectivity index (χ1) is 12.6. The molecule has 0 heterocycles. The van der Waals surface area contributed by atoms with E-state index in [1.54, 1.807) is 0 Å². The first kappa shape index (κ1) is 21.7. The van der Waals surface area contributed by atoms with Crippen LogP contribution in [0.2, 0.25) is 0 Å². The zero-order chi connectivity index (χ0) is 18.9. The Morgan fingerprint density at radius 3 is 2.27 bits per heavy atom. The molecule has 0 aliphatic heterocycles. The second kappa shape index (κ2) is 11.3. The van der Waals surface area contributed by atoms with Crippen molar-refractivity contribution >= 4 is 23.2 Å². The molecule has 5 heteroatoms. The van der Waals surface area contributed by atoms with Crippen molar-refractivity contribution in [1.82, 2.24) is 0 Å². The van der Waals surface area contributed by atoms with E-state index in [-0.39, 0.29) is 0 Å². The average molecular weight is 470 g/mol. The molecule has 1 saturated carbocycles. The predicted octanol–water partition coefficient (Wildman–Crippen LogP) is 6.74. The summed E-state index contributed by atoms with van der Waals surface area (Å²) in [7, 11) is 9.87. The van der Waals surface area contributed by atoms with E-state index < -0.39 is 20.8 Å². The monoisotopic (exact) mass is 467 g/mol. The molecule has 2 nitrogen and oxygen atoms in total. The molecule has 138 valence electrons. The van der Waals surface area contributed by atoms with E-state index in [0.717, 1.165) is 41.0 Å². The van der Waals surface area contributed by atoms with Crippen LogP contribution in [0.1, 0.15) is 43.7 Å². The van der Waals surface area contributed by atoms with Gasteiger partial charge >= 0.3 is 37.9 Å². The molecule has 1 N–H and O–H groups in total. The number of rotatable bonds is 3. The molecule has 0 amide bonds. The van der Waals surface area contributed by atoms with Crippen LogP contribution in [0.5, 0.6) is 5.75 Å². The van der Waals surface area contributed by atoms with Crippen molar-refractivity contribution in [1.29, 1.82) is 0 Å². The summed E-state index contributed by atoms with van der Waals surface area (Å²) in [5.41, 5.74) is 3.89. The number of nitrogens with zero attached hydrogens (tertiary/aromatic N) is 1. The third-order valence-electron chi connectivity index (χ3n) is 4.90. The van der Waals surface area contributed by atoms with Crippen LogP contribution in [0, 0.1) is 12.8 Å². The quantitative estimate of drug-likeness (QED) is 0.496. The van der Waals surface area contributed by atoms with Crippen molar-refractivity contribution in [3.8, 4) is 16.9 Å². The molecular formula is C21H25Cl2NOZr. The van der Waals surface area contributed by atoms with E-state index in [4.69, 9.17) is 22.0 Å². The third-order valence-corrected chi connectivity index (χ3v) is 4.90. The molecule has 3 rings (SSSR count). The number of hydrogen-bond acceptors (Lipinski definition) is 2. The third kappa shape index (κ3) is 6.22. The fourth-order valence-electron chi connectivity index (χ4n) is 3.29. The summed E-state index contributed by atoms with van der Waals surface area (Å²) in [6.07, 6.45) is 6.72. The van der Waals surface area contributed by atoms with E-state index in [9.17, 15) is 5.11 Å². The summed E-state index contributed by atoms with van der Waals surface area (Å²) in [6.45, 7) is 4.25. The van der Waals surface area contributed by atoms with Crippen molar-refractivity contribution in [2.24, 2.45) is 10.9 Å². The topological polar surface area (TPSA) is 32.6 Å². The Morgan fingerprint density at radius 1 is 1.04 bits per heavy atom. The molecule has 0 aromatic heterocycles. The Balaban J connectivity index is 0.000000758. The number of aryl methyl sites for hydroxylation is 1. The van der Waals surface area contributed by atoms with Gasteiger partial charge in [0.05, 0.1) is 0 Å². The summed E-state index contributed by atoms with van der Waals surface area (Å²) in [4.78, 5) is 4.79. The van der Waals surface area contributed by atoms with E-state index in [1.807, 2.05) is 37.4 Å². The molecule has 0 unspecified atom stereocenters. The van der Waals surface area contributed by atoms with Crippen molar-refractivity contribution in [3.63, 3.8) is 0 Å². The van der Waals surface area contributed by atoms with Crippen LogP contribution in [-0.2, 0) is 20.8 Å². The van der Waals surface area contributed by atoms with E-state index >= 15 is 0 Å². The van der Waals surface area contributed by atoms with E-state index in [0.29, 0.717) is 11.8 Å². The fourth-order valence-corrected chi connectivity index (χ4v) is 3.29. The summed E-state index contributed by atoms with van der Waals surface area (Å²) in [5, 5.41) is 10.5. The Kier molecular flexibility index (Phi) is 9.39. The summed E-state index contributed by atoms with van der Waals surface area (Å²) < 4.78 is 0. The predicted molar refractivity (Wildman–Crippen MR) is 109 cm³/mol. The summed E-state index contributed by atoms with van der Waals surface area (Å²) in [5.74, 6) is 1.17. The van der Waals surface area contributed by atoms with Crippen LogP contribution in [-0.4, -0.2) is 17.4 Å². The molecular weight excluding hydrogens is 444 g/mol. The average Bonchev–Trinajstić information content (AvgIpc) is 2.65. The minimum atomic E-state index is -0.826. The number of aliphatic imine (C=N–C) groups is 1. The zero-order valence-electron chi connectivity index (χ0n) is 15.3. The van der Waals surface area contributed by atoms with Crippen LogP contribution in [0.3, 0.4) is 0 Å². The van der Waals surface area contributed by atoms with Gasteiger partial charge in [0.2, 0.25) is 0 Å². The van der Waals surface area contributed by atoms with Crippen LogP contribution in [0.15, 0.2) is 47.5 Å². The van der Waals surface area contributed by atoms with E-state index in [2.05, 4.69) is 25.1 Å². The van der Waals surface area contributed by atoms with Gasteiger partial charge in [-0.3, -0.25) is 4.99 Å². The molecule has 0 atom stereocenters. The van der Waals surface area contributed by atoms with Gasteiger partial charge in [0.1, 0.15) is 5.75 Å². The Hall–Kier alpha value is -0.627. The maximum absolute atomic E-state index is 10.5. The van der Waals surface area contributed by atoms with Crippen molar-refractivity contribution < 1.29 is 26.0 Å². The number of phenolic OH excluding ortho intramolecular Hbond substituents is 1. The van der Waals surface area contributed by atoms with Crippen LogP contribution in [0.25, 0.3) is 11.1 Å².